The summed E-state index contributed by atoms with van der Waals surface area (Å²) >= 11 is 0. The van der Waals surface area contributed by atoms with Crippen molar-refractivity contribution in [2.45, 2.75) is 51.0 Å². The number of aromatic nitrogens is 1. The van der Waals surface area contributed by atoms with Crippen LogP contribution in [0.2, 0.25) is 0 Å². The van der Waals surface area contributed by atoms with Gasteiger partial charge in [-0.1, -0.05) is 19.4 Å². The van der Waals surface area contributed by atoms with Crippen molar-refractivity contribution >= 4 is 5.91 Å². The SMILES string of the molecule is CCCC1NNCC1C(=O)N[C@@H]1CCOC[C@H]1OCc1ccccn1. The molecule has 1 amide bonds. The van der Waals surface area contributed by atoms with E-state index in [-0.39, 0.29) is 30.0 Å². The molecule has 3 rings (SSSR count). The molecule has 0 saturated carbocycles. The van der Waals surface area contributed by atoms with Crippen LogP contribution in [0, 0.1) is 5.92 Å². The van der Waals surface area contributed by atoms with Crippen LogP contribution in [0.15, 0.2) is 24.4 Å². The molecular formula is C18H28N4O3. The minimum Gasteiger partial charge on any atom is -0.379 e. The summed E-state index contributed by atoms with van der Waals surface area (Å²) in [5, 5.41) is 3.19. The first-order valence-corrected chi connectivity index (χ1v) is 9.16. The topological polar surface area (TPSA) is 84.5 Å². The van der Waals surface area contributed by atoms with E-state index in [2.05, 4.69) is 28.1 Å². The molecule has 0 aromatic carbocycles. The Kier molecular flexibility index (Phi) is 6.75. The number of hydrazine groups is 1. The Hall–Kier alpha value is -1.54. The Morgan fingerprint density at radius 3 is 3.20 bits per heavy atom. The minimum absolute atomic E-state index is 0.0205. The van der Waals surface area contributed by atoms with E-state index in [9.17, 15) is 4.79 Å². The van der Waals surface area contributed by atoms with Crippen LogP contribution in [0.1, 0.15) is 31.9 Å². The maximum Gasteiger partial charge on any atom is 0.226 e. The quantitative estimate of drug-likeness (QED) is 0.675. The summed E-state index contributed by atoms with van der Waals surface area (Å²) in [6.45, 7) is 4.37. The summed E-state index contributed by atoms with van der Waals surface area (Å²) < 4.78 is 11.5. The van der Waals surface area contributed by atoms with Crippen LogP contribution in [0.3, 0.4) is 0 Å². The van der Waals surface area contributed by atoms with Gasteiger partial charge in [-0.05, 0) is 25.0 Å². The van der Waals surface area contributed by atoms with Gasteiger partial charge in [0.2, 0.25) is 5.91 Å². The van der Waals surface area contributed by atoms with Crippen molar-refractivity contribution in [3.8, 4) is 0 Å². The molecule has 3 N–H and O–H groups in total. The number of ether oxygens (including phenoxy) is 2. The van der Waals surface area contributed by atoms with Gasteiger partial charge in [0.05, 0.1) is 30.9 Å². The number of rotatable bonds is 7. The lowest BCUT2D eigenvalue weighted by Crippen LogP contribution is -2.52. The van der Waals surface area contributed by atoms with E-state index in [0.717, 1.165) is 25.0 Å². The first-order chi connectivity index (χ1) is 12.3. The molecule has 1 aromatic heterocycles. The maximum absolute atomic E-state index is 12.7. The second-order valence-corrected chi connectivity index (χ2v) is 6.68. The van der Waals surface area contributed by atoms with Gasteiger partial charge in [0.25, 0.3) is 0 Å². The molecule has 2 fully saturated rings. The average Bonchev–Trinajstić information content (AvgIpc) is 3.11. The van der Waals surface area contributed by atoms with Crippen LogP contribution >= 0.6 is 0 Å². The van der Waals surface area contributed by atoms with E-state index in [1.54, 1.807) is 6.20 Å². The van der Waals surface area contributed by atoms with Gasteiger partial charge in [-0.15, -0.1) is 0 Å². The summed E-state index contributed by atoms with van der Waals surface area (Å²) in [7, 11) is 0. The molecule has 2 unspecified atom stereocenters. The van der Waals surface area contributed by atoms with E-state index in [1.165, 1.54) is 0 Å². The number of nitrogens with zero attached hydrogens (tertiary/aromatic N) is 1. The van der Waals surface area contributed by atoms with Gasteiger partial charge in [0, 0.05) is 25.4 Å². The molecule has 2 aliphatic rings. The zero-order chi connectivity index (χ0) is 17.5. The molecule has 2 aliphatic heterocycles. The van der Waals surface area contributed by atoms with Gasteiger partial charge in [0.1, 0.15) is 6.10 Å². The van der Waals surface area contributed by atoms with Crippen molar-refractivity contribution in [2.24, 2.45) is 5.92 Å². The maximum atomic E-state index is 12.7. The number of carbonyl (C=O) groups excluding carboxylic acids is 1. The van der Waals surface area contributed by atoms with Crippen molar-refractivity contribution in [2.75, 3.05) is 19.8 Å². The Morgan fingerprint density at radius 1 is 1.48 bits per heavy atom. The summed E-state index contributed by atoms with van der Waals surface area (Å²) in [5.74, 6) is 0.0496. The molecular weight excluding hydrogens is 320 g/mol. The lowest BCUT2D eigenvalue weighted by Gasteiger charge is -2.33. The Bertz CT molecular complexity index is 542. The fraction of sp³-hybridized carbons (Fsp3) is 0.667. The fourth-order valence-electron chi connectivity index (χ4n) is 3.41. The minimum atomic E-state index is -0.147. The van der Waals surface area contributed by atoms with Gasteiger partial charge < -0.3 is 14.8 Å². The van der Waals surface area contributed by atoms with Gasteiger partial charge >= 0.3 is 0 Å². The zero-order valence-electron chi connectivity index (χ0n) is 14.7. The number of hydrogen-bond donors (Lipinski definition) is 3. The highest BCUT2D eigenvalue weighted by molar-refractivity contribution is 5.80. The van der Waals surface area contributed by atoms with Crippen LogP contribution in [-0.2, 0) is 20.9 Å². The fourth-order valence-corrected chi connectivity index (χ4v) is 3.41. The molecule has 0 bridgehead atoms. The summed E-state index contributed by atoms with van der Waals surface area (Å²) in [6, 6.07) is 5.93. The summed E-state index contributed by atoms with van der Waals surface area (Å²) in [5.41, 5.74) is 7.20. The largest absolute Gasteiger partial charge is 0.379 e. The van der Waals surface area contributed by atoms with E-state index in [1.807, 2.05) is 18.2 Å². The Morgan fingerprint density at radius 2 is 2.40 bits per heavy atom. The zero-order valence-corrected chi connectivity index (χ0v) is 14.7. The molecule has 4 atom stereocenters. The molecule has 0 spiro atoms. The average molecular weight is 348 g/mol. The van der Waals surface area contributed by atoms with Crippen LogP contribution in [0.25, 0.3) is 0 Å². The smallest absolute Gasteiger partial charge is 0.226 e. The van der Waals surface area contributed by atoms with E-state index in [4.69, 9.17) is 9.47 Å². The van der Waals surface area contributed by atoms with Gasteiger partial charge in [-0.2, -0.15) is 0 Å². The highest BCUT2D eigenvalue weighted by Crippen LogP contribution is 2.17. The van der Waals surface area contributed by atoms with Crippen molar-refractivity contribution in [3.63, 3.8) is 0 Å². The molecule has 25 heavy (non-hydrogen) atoms. The third-order valence-electron chi connectivity index (χ3n) is 4.83. The number of nitrogens with one attached hydrogen (secondary N) is 3. The second-order valence-electron chi connectivity index (χ2n) is 6.68. The number of amides is 1. The van der Waals surface area contributed by atoms with E-state index < -0.39 is 0 Å². The van der Waals surface area contributed by atoms with Crippen molar-refractivity contribution < 1.29 is 14.3 Å². The van der Waals surface area contributed by atoms with E-state index >= 15 is 0 Å². The lowest BCUT2D eigenvalue weighted by atomic mass is 9.96. The normalized spacial score (nSPS) is 29.5. The van der Waals surface area contributed by atoms with Crippen molar-refractivity contribution in [3.05, 3.63) is 30.1 Å². The van der Waals surface area contributed by atoms with Crippen LogP contribution < -0.4 is 16.2 Å². The molecule has 7 nitrogen and oxygen atoms in total. The molecule has 138 valence electrons. The number of carbonyl (C=O) groups is 1. The van der Waals surface area contributed by atoms with Gasteiger partial charge in [-0.25, -0.2) is 0 Å². The molecule has 3 heterocycles. The van der Waals surface area contributed by atoms with Crippen LogP contribution in [0.5, 0.6) is 0 Å². The second kappa shape index (κ2) is 9.24. The summed E-state index contributed by atoms with van der Waals surface area (Å²) in [6.07, 6.45) is 4.41. The number of hydrogen-bond acceptors (Lipinski definition) is 6. The molecule has 0 radical (unpaired) electrons. The van der Waals surface area contributed by atoms with Crippen molar-refractivity contribution in [1.29, 1.82) is 0 Å². The predicted octanol–water partition coefficient (Wildman–Crippen LogP) is 0.765. The van der Waals surface area contributed by atoms with Gasteiger partial charge in [0.15, 0.2) is 0 Å². The molecule has 0 aliphatic carbocycles. The highest BCUT2D eigenvalue weighted by Gasteiger charge is 2.35. The van der Waals surface area contributed by atoms with Crippen LogP contribution in [0.4, 0.5) is 0 Å². The highest BCUT2D eigenvalue weighted by atomic mass is 16.5. The molecule has 7 heteroatoms. The predicted molar refractivity (Wildman–Crippen MR) is 93.5 cm³/mol. The first-order valence-electron chi connectivity index (χ1n) is 9.16. The first kappa shape index (κ1) is 18.3. The number of pyridine rings is 1. The third kappa shape index (κ3) is 4.98. The monoisotopic (exact) mass is 348 g/mol. The Labute approximate surface area is 148 Å². The Balaban J connectivity index is 1.54. The standard InChI is InChI=1S/C18H28N4O3/c1-2-5-15-14(10-20-22-15)18(23)21-16-7-9-24-12-17(16)25-11-13-6-3-4-8-19-13/h3-4,6,8,14-17,20,22H,2,5,7,9-12H2,1H3,(H,21,23)/t14?,15?,16-,17-/m1/s1. The van der Waals surface area contributed by atoms with E-state index in [0.29, 0.717) is 26.4 Å². The summed E-state index contributed by atoms with van der Waals surface area (Å²) in [4.78, 5) is 17.0. The van der Waals surface area contributed by atoms with Crippen LogP contribution in [-0.4, -0.2) is 48.8 Å². The van der Waals surface area contributed by atoms with Gasteiger partial charge in [-0.3, -0.25) is 20.6 Å². The lowest BCUT2D eigenvalue weighted by molar-refractivity contribution is -0.130. The van der Waals surface area contributed by atoms with Crippen molar-refractivity contribution in [1.82, 2.24) is 21.2 Å². The third-order valence-corrected chi connectivity index (χ3v) is 4.83. The molecule has 1 aromatic rings. The molecule has 2 saturated heterocycles.